The van der Waals surface area contributed by atoms with Gasteiger partial charge < -0.3 is 14.5 Å². The number of carbonyl (C=O) groups is 1. The minimum atomic E-state index is -0.314. The van der Waals surface area contributed by atoms with E-state index in [9.17, 15) is 4.79 Å². The van der Waals surface area contributed by atoms with Crippen LogP contribution < -0.4 is 10.1 Å². The number of nitrogens with one attached hydrogen (secondary N) is 1. The molecule has 0 fully saturated rings. The fourth-order valence-corrected chi connectivity index (χ4v) is 2.31. The average Bonchev–Trinajstić information content (AvgIpc) is 2.94. The van der Waals surface area contributed by atoms with E-state index in [4.69, 9.17) is 9.15 Å². The largest absolute Gasteiger partial charge is 0.489 e. The number of aromatic nitrogens is 1. The van der Waals surface area contributed by atoms with Crippen molar-refractivity contribution in [2.24, 2.45) is 0 Å². The van der Waals surface area contributed by atoms with Gasteiger partial charge in [0.2, 0.25) is 5.76 Å². The maximum absolute atomic E-state index is 12.2. The third-order valence-corrected chi connectivity index (χ3v) is 3.47. The molecule has 0 saturated heterocycles. The number of nitrogens with zero attached hydrogens (tertiary/aromatic N) is 1. The van der Waals surface area contributed by atoms with Gasteiger partial charge in [0, 0.05) is 12.6 Å². The average molecular weight is 322 g/mol. The second kappa shape index (κ2) is 7.00. The highest BCUT2D eigenvalue weighted by Gasteiger charge is 2.15. The van der Waals surface area contributed by atoms with Crippen molar-refractivity contribution in [1.29, 1.82) is 0 Å². The summed E-state index contributed by atoms with van der Waals surface area (Å²) in [5.74, 6) is 1.13. The maximum Gasteiger partial charge on any atom is 0.293 e. The zero-order valence-electron chi connectivity index (χ0n) is 13.6. The Morgan fingerprint density at radius 3 is 2.42 bits per heavy atom. The van der Waals surface area contributed by atoms with E-state index in [1.165, 1.54) is 0 Å². The summed E-state index contributed by atoms with van der Waals surface area (Å²) in [7, 11) is 0. The number of benzene rings is 2. The van der Waals surface area contributed by atoms with Crippen molar-refractivity contribution in [3.63, 3.8) is 0 Å². The molecule has 0 atom stereocenters. The molecular formula is C19H18N2O3. The fraction of sp³-hybridized carbons (Fsp3) is 0.158. The molecule has 122 valence electrons. The van der Waals surface area contributed by atoms with Crippen molar-refractivity contribution in [3.8, 4) is 5.75 Å². The smallest absolute Gasteiger partial charge is 0.293 e. The number of aryl methyl sites for hydroxylation is 2. The number of amides is 1. The van der Waals surface area contributed by atoms with Crippen molar-refractivity contribution < 1.29 is 13.9 Å². The molecule has 1 heterocycles. The van der Waals surface area contributed by atoms with Gasteiger partial charge >= 0.3 is 0 Å². The topological polar surface area (TPSA) is 64.4 Å². The second-order valence-corrected chi connectivity index (χ2v) is 5.40. The van der Waals surface area contributed by atoms with Crippen LogP contribution in [0.2, 0.25) is 0 Å². The van der Waals surface area contributed by atoms with E-state index in [-0.39, 0.29) is 11.7 Å². The van der Waals surface area contributed by atoms with E-state index < -0.39 is 0 Å². The van der Waals surface area contributed by atoms with Gasteiger partial charge in [-0.3, -0.25) is 4.79 Å². The van der Waals surface area contributed by atoms with Crippen molar-refractivity contribution in [1.82, 2.24) is 4.98 Å². The molecule has 0 unspecified atom stereocenters. The normalized spacial score (nSPS) is 10.4. The predicted octanol–water partition coefficient (Wildman–Crippen LogP) is 4.12. The number of ether oxygens (including phenoxy) is 1. The first kappa shape index (κ1) is 15.8. The zero-order valence-corrected chi connectivity index (χ0v) is 13.6. The zero-order chi connectivity index (χ0) is 16.9. The van der Waals surface area contributed by atoms with Crippen LogP contribution in [-0.4, -0.2) is 10.9 Å². The van der Waals surface area contributed by atoms with Crippen LogP contribution in [-0.2, 0) is 6.61 Å². The lowest BCUT2D eigenvalue weighted by Crippen LogP contribution is -2.12. The van der Waals surface area contributed by atoms with Crippen LogP contribution in [0, 0.1) is 13.8 Å². The van der Waals surface area contributed by atoms with Crippen LogP contribution in [0.1, 0.15) is 27.7 Å². The summed E-state index contributed by atoms with van der Waals surface area (Å²) in [6, 6.07) is 17.2. The van der Waals surface area contributed by atoms with Crippen LogP contribution in [0.5, 0.6) is 5.75 Å². The first-order chi connectivity index (χ1) is 11.6. The van der Waals surface area contributed by atoms with E-state index in [0.717, 1.165) is 11.3 Å². The number of rotatable bonds is 5. The molecule has 0 bridgehead atoms. The SMILES string of the molecule is Cc1nc(C)c(C(=O)Nc2ccc(OCc3ccccc3)cc2)o1. The lowest BCUT2D eigenvalue weighted by atomic mass is 10.2. The molecule has 1 aromatic heterocycles. The van der Waals surface area contributed by atoms with Gasteiger partial charge in [0.05, 0.1) is 5.69 Å². The molecule has 0 saturated carbocycles. The number of hydrogen-bond donors (Lipinski definition) is 1. The van der Waals surface area contributed by atoms with Crippen LogP contribution in [0.3, 0.4) is 0 Å². The molecule has 0 aliphatic heterocycles. The predicted molar refractivity (Wildman–Crippen MR) is 91.1 cm³/mol. The molecule has 0 spiro atoms. The fourth-order valence-electron chi connectivity index (χ4n) is 2.31. The minimum Gasteiger partial charge on any atom is -0.489 e. The molecule has 2 aromatic carbocycles. The van der Waals surface area contributed by atoms with Crippen molar-refractivity contribution in [3.05, 3.63) is 77.5 Å². The third kappa shape index (κ3) is 3.81. The maximum atomic E-state index is 12.2. The number of hydrogen-bond acceptors (Lipinski definition) is 4. The lowest BCUT2D eigenvalue weighted by molar-refractivity contribution is 0.0994. The summed E-state index contributed by atoms with van der Waals surface area (Å²) in [6.45, 7) is 3.96. The van der Waals surface area contributed by atoms with Gasteiger partial charge in [-0.05, 0) is 36.8 Å². The molecule has 24 heavy (non-hydrogen) atoms. The molecule has 3 aromatic rings. The van der Waals surface area contributed by atoms with Gasteiger partial charge in [-0.15, -0.1) is 0 Å². The third-order valence-electron chi connectivity index (χ3n) is 3.47. The van der Waals surface area contributed by atoms with Gasteiger partial charge in [-0.2, -0.15) is 0 Å². The van der Waals surface area contributed by atoms with E-state index in [2.05, 4.69) is 10.3 Å². The monoisotopic (exact) mass is 322 g/mol. The summed E-state index contributed by atoms with van der Waals surface area (Å²) in [5.41, 5.74) is 2.35. The molecule has 1 N–H and O–H groups in total. The standard InChI is InChI=1S/C19H18N2O3/c1-13-18(24-14(2)20-13)19(22)21-16-8-10-17(11-9-16)23-12-15-6-4-3-5-7-15/h3-11H,12H2,1-2H3,(H,21,22). The number of carbonyl (C=O) groups excluding carboxylic acids is 1. The van der Waals surface area contributed by atoms with Crippen molar-refractivity contribution in [2.75, 3.05) is 5.32 Å². The van der Waals surface area contributed by atoms with Gasteiger partial charge in [-0.1, -0.05) is 30.3 Å². The summed E-state index contributed by atoms with van der Waals surface area (Å²) in [4.78, 5) is 16.3. The summed E-state index contributed by atoms with van der Waals surface area (Å²) >= 11 is 0. The first-order valence-corrected chi connectivity index (χ1v) is 7.64. The Hall–Kier alpha value is -3.08. The Bertz CT molecular complexity index is 824. The quantitative estimate of drug-likeness (QED) is 0.767. The van der Waals surface area contributed by atoms with Gasteiger partial charge in [0.15, 0.2) is 5.89 Å². The van der Waals surface area contributed by atoms with Gasteiger partial charge in [0.1, 0.15) is 12.4 Å². The van der Waals surface area contributed by atoms with Crippen LogP contribution in [0.4, 0.5) is 5.69 Å². The lowest BCUT2D eigenvalue weighted by Gasteiger charge is -2.08. The summed E-state index contributed by atoms with van der Waals surface area (Å²) < 4.78 is 11.0. The highest BCUT2D eigenvalue weighted by Crippen LogP contribution is 2.18. The van der Waals surface area contributed by atoms with Crippen LogP contribution in [0.15, 0.2) is 59.0 Å². The molecule has 0 radical (unpaired) electrons. The molecule has 5 heteroatoms. The van der Waals surface area contributed by atoms with Gasteiger partial charge in [0.25, 0.3) is 5.91 Å². The second-order valence-electron chi connectivity index (χ2n) is 5.40. The Morgan fingerprint density at radius 1 is 1.08 bits per heavy atom. The molecule has 5 nitrogen and oxygen atoms in total. The Kier molecular flexibility index (Phi) is 4.61. The van der Waals surface area contributed by atoms with Crippen LogP contribution in [0.25, 0.3) is 0 Å². The van der Waals surface area contributed by atoms with E-state index in [1.54, 1.807) is 26.0 Å². The molecule has 3 rings (SSSR count). The highest BCUT2D eigenvalue weighted by molar-refractivity contribution is 6.02. The summed E-state index contributed by atoms with van der Waals surface area (Å²) in [5, 5.41) is 2.79. The van der Waals surface area contributed by atoms with E-state index in [1.807, 2.05) is 42.5 Å². The minimum absolute atomic E-state index is 0.233. The molecule has 0 aliphatic rings. The Balaban J connectivity index is 1.60. The Labute approximate surface area is 140 Å². The Morgan fingerprint density at radius 2 is 1.79 bits per heavy atom. The number of anilines is 1. The van der Waals surface area contributed by atoms with Crippen molar-refractivity contribution in [2.45, 2.75) is 20.5 Å². The van der Waals surface area contributed by atoms with Crippen LogP contribution >= 0.6 is 0 Å². The molecular weight excluding hydrogens is 304 g/mol. The summed E-state index contributed by atoms with van der Waals surface area (Å²) in [6.07, 6.45) is 0. The number of oxazole rings is 1. The first-order valence-electron chi connectivity index (χ1n) is 7.64. The molecule has 0 aliphatic carbocycles. The highest BCUT2D eigenvalue weighted by atomic mass is 16.5. The van der Waals surface area contributed by atoms with E-state index >= 15 is 0 Å². The molecule has 1 amide bonds. The van der Waals surface area contributed by atoms with Gasteiger partial charge in [-0.25, -0.2) is 4.98 Å². The van der Waals surface area contributed by atoms with E-state index in [0.29, 0.717) is 23.9 Å². The van der Waals surface area contributed by atoms with Crippen molar-refractivity contribution >= 4 is 11.6 Å².